The van der Waals surface area contributed by atoms with Gasteiger partial charge in [0.15, 0.2) is 5.82 Å². The van der Waals surface area contributed by atoms with E-state index >= 15 is 0 Å². The van der Waals surface area contributed by atoms with Crippen LogP contribution in [0.15, 0.2) is 23.2 Å². The fourth-order valence-electron chi connectivity index (χ4n) is 1.45. The molecule has 86 valence electrons. The minimum atomic E-state index is 0.327. The van der Waals surface area contributed by atoms with E-state index in [0.717, 1.165) is 6.54 Å². The monoisotopic (exact) mass is 221 g/mol. The van der Waals surface area contributed by atoms with E-state index in [1.807, 2.05) is 10.8 Å². The van der Waals surface area contributed by atoms with E-state index in [0.29, 0.717) is 24.3 Å². The quantitative estimate of drug-likeness (QED) is 0.807. The van der Waals surface area contributed by atoms with Gasteiger partial charge in [0.1, 0.15) is 0 Å². The van der Waals surface area contributed by atoms with E-state index in [-0.39, 0.29) is 0 Å². The Labute approximate surface area is 93.7 Å². The van der Waals surface area contributed by atoms with Gasteiger partial charge in [0.25, 0.3) is 0 Å². The molecule has 1 N–H and O–H groups in total. The zero-order valence-corrected chi connectivity index (χ0v) is 9.42. The van der Waals surface area contributed by atoms with Crippen LogP contribution >= 0.6 is 0 Å². The Morgan fingerprint density at radius 2 is 2.44 bits per heavy atom. The van der Waals surface area contributed by atoms with Crippen LogP contribution in [0.5, 0.6) is 0 Å². The summed E-state index contributed by atoms with van der Waals surface area (Å²) in [4.78, 5) is 8.11. The molecular weight excluding hydrogens is 206 g/mol. The summed E-state index contributed by atoms with van der Waals surface area (Å²) in [5.74, 6) is 1.29. The second kappa shape index (κ2) is 4.89. The Balaban J connectivity index is 1.77. The third-order valence-corrected chi connectivity index (χ3v) is 2.22. The number of hydrogen-bond donors (Lipinski definition) is 1. The fraction of sp³-hybridized carbons (Fsp3) is 0.500. The summed E-state index contributed by atoms with van der Waals surface area (Å²) in [6.45, 7) is 5.38. The Morgan fingerprint density at radius 3 is 3.06 bits per heavy atom. The fourth-order valence-corrected chi connectivity index (χ4v) is 1.45. The number of aryl methyl sites for hydroxylation is 1. The van der Waals surface area contributed by atoms with Gasteiger partial charge in [0, 0.05) is 31.9 Å². The second-order valence-corrected chi connectivity index (χ2v) is 3.77. The number of imidazole rings is 1. The first-order valence-electron chi connectivity index (χ1n) is 5.22. The molecule has 1 atom stereocenters. The highest BCUT2D eigenvalue weighted by Crippen LogP contribution is 1.96. The Morgan fingerprint density at radius 1 is 1.56 bits per heavy atom. The van der Waals surface area contributed by atoms with Gasteiger partial charge in [-0.25, -0.2) is 4.98 Å². The molecular formula is C10H15N5O. The van der Waals surface area contributed by atoms with Crippen LogP contribution in [0.3, 0.4) is 0 Å². The van der Waals surface area contributed by atoms with E-state index in [4.69, 9.17) is 4.52 Å². The summed E-state index contributed by atoms with van der Waals surface area (Å²) in [6.07, 6.45) is 5.52. The van der Waals surface area contributed by atoms with Crippen LogP contribution in [0.25, 0.3) is 0 Å². The molecule has 1 unspecified atom stereocenters. The van der Waals surface area contributed by atoms with Crippen LogP contribution in [0.2, 0.25) is 0 Å². The van der Waals surface area contributed by atoms with Crippen molar-refractivity contribution in [3.05, 3.63) is 30.4 Å². The molecule has 0 saturated carbocycles. The first-order valence-corrected chi connectivity index (χ1v) is 5.22. The lowest BCUT2D eigenvalue weighted by atomic mass is 10.3. The molecule has 6 heteroatoms. The SMILES string of the molecule is Cc1nc(CNC(C)Cn2ccnc2)no1. The maximum absolute atomic E-state index is 4.89. The number of hydrogen-bond acceptors (Lipinski definition) is 5. The van der Waals surface area contributed by atoms with Crippen molar-refractivity contribution < 1.29 is 4.52 Å². The standard InChI is InChI=1S/C10H15N5O/c1-8(6-15-4-3-11-7-15)12-5-10-13-9(2)16-14-10/h3-4,7-8,12H,5-6H2,1-2H3. The summed E-state index contributed by atoms with van der Waals surface area (Å²) in [5.41, 5.74) is 0. The normalized spacial score (nSPS) is 12.9. The van der Waals surface area contributed by atoms with Gasteiger partial charge < -0.3 is 14.4 Å². The van der Waals surface area contributed by atoms with Crippen molar-refractivity contribution in [2.24, 2.45) is 0 Å². The third-order valence-electron chi connectivity index (χ3n) is 2.22. The molecule has 0 bridgehead atoms. The van der Waals surface area contributed by atoms with Crippen molar-refractivity contribution in [1.82, 2.24) is 25.0 Å². The summed E-state index contributed by atoms with van der Waals surface area (Å²) < 4.78 is 6.91. The predicted molar refractivity (Wildman–Crippen MR) is 57.6 cm³/mol. The molecule has 2 aromatic rings. The number of nitrogens with zero attached hydrogens (tertiary/aromatic N) is 4. The summed E-state index contributed by atoms with van der Waals surface area (Å²) >= 11 is 0. The lowest BCUT2D eigenvalue weighted by Gasteiger charge is -2.12. The Kier molecular flexibility index (Phi) is 3.31. The van der Waals surface area contributed by atoms with Crippen molar-refractivity contribution in [1.29, 1.82) is 0 Å². The minimum absolute atomic E-state index is 0.327. The average molecular weight is 221 g/mol. The van der Waals surface area contributed by atoms with Crippen LogP contribution < -0.4 is 5.32 Å². The molecule has 0 saturated heterocycles. The molecule has 2 rings (SSSR count). The van der Waals surface area contributed by atoms with Crippen LogP contribution in [0.1, 0.15) is 18.6 Å². The molecule has 2 heterocycles. The maximum atomic E-state index is 4.89. The summed E-state index contributed by atoms with van der Waals surface area (Å²) in [6, 6.07) is 0.327. The number of aromatic nitrogens is 4. The average Bonchev–Trinajstić information content (AvgIpc) is 2.87. The summed E-state index contributed by atoms with van der Waals surface area (Å²) in [5, 5.41) is 7.13. The highest BCUT2D eigenvalue weighted by Gasteiger charge is 2.05. The zero-order valence-electron chi connectivity index (χ0n) is 9.42. The highest BCUT2D eigenvalue weighted by atomic mass is 16.5. The number of nitrogens with one attached hydrogen (secondary N) is 1. The van der Waals surface area contributed by atoms with Crippen molar-refractivity contribution >= 4 is 0 Å². The Bertz CT molecular complexity index is 422. The van der Waals surface area contributed by atoms with Gasteiger partial charge in [-0.15, -0.1) is 0 Å². The van der Waals surface area contributed by atoms with E-state index in [1.165, 1.54) is 0 Å². The highest BCUT2D eigenvalue weighted by molar-refractivity contribution is 4.84. The molecule has 0 fully saturated rings. The van der Waals surface area contributed by atoms with E-state index in [2.05, 4.69) is 27.4 Å². The third kappa shape index (κ3) is 2.90. The van der Waals surface area contributed by atoms with Crippen molar-refractivity contribution in [3.63, 3.8) is 0 Å². The van der Waals surface area contributed by atoms with Gasteiger partial charge in [-0.05, 0) is 6.92 Å². The second-order valence-electron chi connectivity index (χ2n) is 3.77. The predicted octanol–water partition coefficient (Wildman–Crippen LogP) is 0.753. The molecule has 0 aliphatic carbocycles. The van der Waals surface area contributed by atoms with Crippen LogP contribution in [0, 0.1) is 6.92 Å². The van der Waals surface area contributed by atoms with Crippen molar-refractivity contribution in [2.75, 3.05) is 0 Å². The van der Waals surface area contributed by atoms with Crippen LogP contribution in [-0.4, -0.2) is 25.7 Å². The van der Waals surface area contributed by atoms with Gasteiger partial charge in [0.05, 0.1) is 12.9 Å². The molecule has 0 amide bonds. The largest absolute Gasteiger partial charge is 0.340 e. The molecule has 0 radical (unpaired) electrons. The van der Waals surface area contributed by atoms with E-state index in [1.54, 1.807) is 19.4 Å². The first-order chi connectivity index (χ1) is 7.74. The number of rotatable bonds is 5. The molecule has 0 spiro atoms. The lowest BCUT2D eigenvalue weighted by molar-refractivity contribution is 0.382. The summed E-state index contributed by atoms with van der Waals surface area (Å²) in [7, 11) is 0. The van der Waals surface area contributed by atoms with Crippen LogP contribution in [-0.2, 0) is 13.1 Å². The van der Waals surface area contributed by atoms with Gasteiger partial charge in [-0.3, -0.25) is 0 Å². The first kappa shape index (κ1) is 10.8. The van der Waals surface area contributed by atoms with Gasteiger partial charge in [0.2, 0.25) is 5.89 Å². The van der Waals surface area contributed by atoms with Crippen molar-refractivity contribution in [2.45, 2.75) is 33.0 Å². The maximum Gasteiger partial charge on any atom is 0.223 e. The molecule has 2 aromatic heterocycles. The lowest BCUT2D eigenvalue weighted by Crippen LogP contribution is -2.29. The smallest absolute Gasteiger partial charge is 0.223 e. The molecule has 6 nitrogen and oxygen atoms in total. The Hall–Kier alpha value is -1.69. The molecule has 0 aliphatic heterocycles. The van der Waals surface area contributed by atoms with Gasteiger partial charge >= 0.3 is 0 Å². The van der Waals surface area contributed by atoms with Gasteiger partial charge in [-0.2, -0.15) is 4.98 Å². The van der Waals surface area contributed by atoms with Crippen molar-refractivity contribution in [3.8, 4) is 0 Å². The van der Waals surface area contributed by atoms with E-state index in [9.17, 15) is 0 Å². The van der Waals surface area contributed by atoms with Crippen LogP contribution in [0.4, 0.5) is 0 Å². The minimum Gasteiger partial charge on any atom is -0.340 e. The molecule has 0 aliphatic rings. The molecule has 16 heavy (non-hydrogen) atoms. The topological polar surface area (TPSA) is 68.8 Å². The molecule has 0 aromatic carbocycles. The zero-order chi connectivity index (χ0) is 11.4. The van der Waals surface area contributed by atoms with Gasteiger partial charge in [-0.1, -0.05) is 5.16 Å². The van der Waals surface area contributed by atoms with E-state index < -0.39 is 0 Å².